The first-order valence-electron chi connectivity index (χ1n) is 6.46. The van der Waals surface area contributed by atoms with Crippen LogP contribution in [-0.2, 0) is 9.59 Å². The van der Waals surface area contributed by atoms with Crippen LogP contribution in [0.3, 0.4) is 0 Å². The second kappa shape index (κ2) is 4.93. The van der Waals surface area contributed by atoms with Crippen molar-refractivity contribution in [1.29, 1.82) is 0 Å². The number of amides is 2. The first kappa shape index (κ1) is 13.7. The van der Waals surface area contributed by atoms with E-state index >= 15 is 0 Å². The summed E-state index contributed by atoms with van der Waals surface area (Å²) in [6.07, 6.45) is 2.27. The van der Waals surface area contributed by atoms with Crippen molar-refractivity contribution >= 4 is 50.6 Å². The second-order valence-electron chi connectivity index (χ2n) is 5.24. The highest BCUT2D eigenvalue weighted by Gasteiger charge is 2.46. The molecule has 2 N–H and O–H groups in total. The van der Waals surface area contributed by atoms with Gasteiger partial charge in [-0.1, -0.05) is 28.1 Å². The van der Waals surface area contributed by atoms with E-state index in [1.165, 1.54) is 4.90 Å². The van der Waals surface area contributed by atoms with Crippen molar-refractivity contribution in [1.82, 2.24) is 0 Å². The fourth-order valence-corrected chi connectivity index (χ4v) is 3.56. The Balaban J connectivity index is 2.12. The highest BCUT2D eigenvalue weighted by atomic mass is 79.9. The number of hydrogen-bond donors (Lipinski definition) is 1. The number of fused-ring (bicyclic) bond motifs is 2. The maximum Gasteiger partial charge on any atom is 0.236 e. The summed E-state index contributed by atoms with van der Waals surface area (Å²) >= 11 is 8.39. The summed E-state index contributed by atoms with van der Waals surface area (Å²) in [4.78, 5) is 26.4. The van der Waals surface area contributed by atoms with E-state index in [1.807, 2.05) is 0 Å². The highest BCUT2D eigenvalue weighted by Crippen LogP contribution is 2.41. The zero-order valence-corrected chi connectivity index (χ0v) is 13.0. The van der Waals surface area contributed by atoms with Gasteiger partial charge in [-0.2, -0.15) is 0 Å². The van der Waals surface area contributed by atoms with Crippen LogP contribution in [-0.4, -0.2) is 16.8 Å². The first-order chi connectivity index (χ1) is 9.49. The van der Waals surface area contributed by atoms with E-state index in [2.05, 4.69) is 15.9 Å². The van der Waals surface area contributed by atoms with Gasteiger partial charge in [0, 0.05) is 21.9 Å². The third kappa shape index (κ3) is 2.07. The molecule has 2 bridgehead atoms. The van der Waals surface area contributed by atoms with Crippen LogP contribution >= 0.6 is 28.1 Å². The third-order valence-electron chi connectivity index (χ3n) is 4.04. The number of rotatable bonds is 2. The van der Waals surface area contributed by atoms with Gasteiger partial charge in [-0.05, 0) is 37.5 Å². The number of carbonyl (C=O) groups excluding carboxylic acids is 2. The Morgan fingerprint density at radius 3 is 2.40 bits per heavy atom. The number of hydrogen-bond acceptors (Lipinski definition) is 3. The maximum atomic E-state index is 12.5. The van der Waals surface area contributed by atoms with E-state index in [9.17, 15) is 9.59 Å². The van der Waals surface area contributed by atoms with Crippen LogP contribution in [0.25, 0.3) is 0 Å². The van der Waals surface area contributed by atoms with Crippen LogP contribution < -0.4 is 10.6 Å². The number of nitrogens with zero attached hydrogens (tertiary/aromatic N) is 1. The molecule has 2 fully saturated rings. The fourth-order valence-electron chi connectivity index (χ4n) is 3.04. The molecule has 2 unspecified atom stereocenters. The molecule has 2 atom stereocenters. The van der Waals surface area contributed by atoms with Gasteiger partial charge < -0.3 is 5.73 Å². The molecular formula is C14H13BrN2O2S. The Hall–Kier alpha value is -1.27. The maximum absolute atomic E-state index is 12.5. The largest absolute Gasteiger partial charge is 0.389 e. The number of piperidine rings is 1. The summed E-state index contributed by atoms with van der Waals surface area (Å²) in [5.41, 5.74) is 6.77. The number of carbonyl (C=O) groups is 2. The zero-order chi connectivity index (χ0) is 14.4. The summed E-state index contributed by atoms with van der Waals surface area (Å²) in [5, 5.41) is 0. The van der Waals surface area contributed by atoms with E-state index in [0.29, 0.717) is 17.7 Å². The van der Waals surface area contributed by atoms with E-state index in [1.54, 1.807) is 18.2 Å². The summed E-state index contributed by atoms with van der Waals surface area (Å²) in [5.74, 6) is -0.342. The molecule has 3 rings (SSSR count). The lowest BCUT2D eigenvalue weighted by Crippen LogP contribution is -2.47. The molecule has 0 spiro atoms. The molecule has 1 heterocycles. The molecule has 1 aromatic rings. The molecule has 1 aliphatic heterocycles. The number of halogens is 1. The van der Waals surface area contributed by atoms with Crippen LogP contribution in [0.2, 0.25) is 0 Å². The predicted molar refractivity (Wildman–Crippen MR) is 83.4 cm³/mol. The van der Waals surface area contributed by atoms with Crippen LogP contribution in [0.1, 0.15) is 24.8 Å². The van der Waals surface area contributed by atoms with Crippen molar-refractivity contribution in [2.75, 3.05) is 4.90 Å². The van der Waals surface area contributed by atoms with Crippen LogP contribution in [0.5, 0.6) is 0 Å². The summed E-state index contributed by atoms with van der Waals surface area (Å²) < 4.78 is 0.783. The quantitative estimate of drug-likeness (QED) is 0.655. The van der Waals surface area contributed by atoms with Crippen molar-refractivity contribution in [3.8, 4) is 0 Å². The molecule has 1 saturated heterocycles. The molecule has 0 radical (unpaired) electrons. The van der Waals surface area contributed by atoms with E-state index in [0.717, 1.165) is 17.3 Å². The molecule has 2 aliphatic rings. The van der Waals surface area contributed by atoms with Gasteiger partial charge in [0.1, 0.15) is 4.99 Å². The minimum absolute atomic E-state index is 0.0455. The number of imide groups is 1. The van der Waals surface area contributed by atoms with Gasteiger partial charge in [0.2, 0.25) is 11.8 Å². The molecule has 2 amide bonds. The molecule has 1 aromatic carbocycles. The third-order valence-corrected chi connectivity index (χ3v) is 4.75. The van der Waals surface area contributed by atoms with Crippen LogP contribution in [0, 0.1) is 11.8 Å². The Kier molecular flexibility index (Phi) is 3.38. The van der Waals surface area contributed by atoms with Gasteiger partial charge in [-0.15, -0.1) is 0 Å². The molecular weight excluding hydrogens is 340 g/mol. The second-order valence-corrected chi connectivity index (χ2v) is 6.60. The van der Waals surface area contributed by atoms with Gasteiger partial charge in [0.25, 0.3) is 0 Å². The molecule has 6 heteroatoms. The van der Waals surface area contributed by atoms with Gasteiger partial charge >= 0.3 is 0 Å². The number of nitrogens with two attached hydrogens (primary N) is 1. The molecule has 20 heavy (non-hydrogen) atoms. The van der Waals surface area contributed by atoms with Crippen LogP contribution in [0.15, 0.2) is 22.7 Å². The van der Waals surface area contributed by atoms with Gasteiger partial charge in [-0.3, -0.25) is 9.59 Å². The van der Waals surface area contributed by atoms with Crippen molar-refractivity contribution in [3.05, 3.63) is 28.2 Å². The smallest absolute Gasteiger partial charge is 0.236 e. The Labute approximate surface area is 130 Å². The minimum atomic E-state index is -0.126. The SMILES string of the molecule is NC(=S)c1ccc(Br)cc1N1C(=O)C2CCC(C2)C1=O. The molecule has 1 aliphatic carbocycles. The van der Waals surface area contributed by atoms with Crippen molar-refractivity contribution in [2.45, 2.75) is 19.3 Å². The molecule has 0 aromatic heterocycles. The number of anilines is 1. The minimum Gasteiger partial charge on any atom is -0.389 e. The van der Waals surface area contributed by atoms with Gasteiger partial charge in [0.15, 0.2) is 0 Å². The summed E-state index contributed by atoms with van der Waals surface area (Å²) in [7, 11) is 0. The van der Waals surface area contributed by atoms with E-state index in [4.69, 9.17) is 18.0 Å². The van der Waals surface area contributed by atoms with Gasteiger partial charge in [-0.25, -0.2) is 4.90 Å². The van der Waals surface area contributed by atoms with Crippen molar-refractivity contribution < 1.29 is 9.59 Å². The molecule has 1 saturated carbocycles. The Morgan fingerprint density at radius 1 is 1.25 bits per heavy atom. The number of benzene rings is 1. The average molecular weight is 353 g/mol. The first-order valence-corrected chi connectivity index (χ1v) is 7.66. The van der Waals surface area contributed by atoms with Crippen LogP contribution in [0.4, 0.5) is 5.69 Å². The fraction of sp³-hybridized carbons (Fsp3) is 0.357. The molecule has 104 valence electrons. The predicted octanol–water partition coefficient (Wildman–Crippen LogP) is 2.37. The molecule has 4 nitrogen and oxygen atoms in total. The normalized spacial score (nSPS) is 25.1. The lowest BCUT2D eigenvalue weighted by atomic mass is 9.95. The lowest BCUT2D eigenvalue weighted by molar-refractivity contribution is -0.132. The topological polar surface area (TPSA) is 63.4 Å². The standard InChI is InChI=1S/C14H13BrN2O2S/c15-9-3-4-10(12(16)20)11(6-9)17-13(18)7-1-2-8(5-7)14(17)19/h3-4,6-8H,1-2,5H2,(H2,16,20). The monoisotopic (exact) mass is 352 g/mol. The summed E-state index contributed by atoms with van der Waals surface area (Å²) in [6.45, 7) is 0. The van der Waals surface area contributed by atoms with Crippen molar-refractivity contribution in [2.24, 2.45) is 17.6 Å². The van der Waals surface area contributed by atoms with E-state index in [-0.39, 0.29) is 28.6 Å². The number of thiocarbonyl (C=S) groups is 1. The lowest BCUT2D eigenvalue weighted by Gasteiger charge is -2.31. The Morgan fingerprint density at radius 2 is 1.85 bits per heavy atom. The van der Waals surface area contributed by atoms with Gasteiger partial charge in [0.05, 0.1) is 5.69 Å². The zero-order valence-electron chi connectivity index (χ0n) is 10.6. The highest BCUT2D eigenvalue weighted by molar-refractivity contribution is 9.10. The summed E-state index contributed by atoms with van der Waals surface area (Å²) in [6, 6.07) is 5.26. The van der Waals surface area contributed by atoms with Crippen molar-refractivity contribution in [3.63, 3.8) is 0 Å². The van der Waals surface area contributed by atoms with E-state index < -0.39 is 0 Å². The average Bonchev–Trinajstić information content (AvgIpc) is 2.83. The Bertz CT molecular complexity index is 610.